The first-order chi connectivity index (χ1) is 15.4. The van der Waals surface area contributed by atoms with Crippen LogP contribution in [0.25, 0.3) is 6.08 Å². The standard InChI is InChI=1S/C25H29NO4S2/c1-5-17(2)19-8-10-20(11-9-19)29-13-6-14-30-21-12-7-18(15-22(21)28-4)16-23-24(27)26(3)25(31)32-23/h7-12,15-17H,5-6,13-14H2,1-4H3. The monoisotopic (exact) mass is 471 g/mol. The van der Waals surface area contributed by atoms with Gasteiger partial charge in [-0.15, -0.1) is 0 Å². The smallest absolute Gasteiger partial charge is 0.265 e. The molecule has 0 bridgehead atoms. The van der Waals surface area contributed by atoms with E-state index in [1.54, 1.807) is 14.2 Å². The minimum absolute atomic E-state index is 0.0891. The van der Waals surface area contributed by atoms with Crippen molar-refractivity contribution >= 4 is 40.3 Å². The Balaban J connectivity index is 1.50. The van der Waals surface area contributed by atoms with E-state index in [4.69, 9.17) is 26.4 Å². The van der Waals surface area contributed by atoms with Crippen LogP contribution in [0.3, 0.4) is 0 Å². The van der Waals surface area contributed by atoms with Gasteiger partial charge in [-0.25, -0.2) is 0 Å². The highest BCUT2D eigenvalue weighted by molar-refractivity contribution is 8.26. The Morgan fingerprint density at radius 1 is 1.09 bits per heavy atom. The number of amides is 1. The van der Waals surface area contributed by atoms with Gasteiger partial charge in [0.2, 0.25) is 0 Å². The molecule has 1 aliphatic heterocycles. The molecule has 0 saturated carbocycles. The number of hydrogen-bond donors (Lipinski definition) is 0. The molecule has 2 aromatic rings. The van der Waals surface area contributed by atoms with Crippen LogP contribution >= 0.6 is 24.0 Å². The van der Waals surface area contributed by atoms with Crippen molar-refractivity contribution in [1.29, 1.82) is 0 Å². The summed E-state index contributed by atoms with van der Waals surface area (Å²) in [6, 6.07) is 13.9. The van der Waals surface area contributed by atoms with E-state index < -0.39 is 0 Å². The maximum absolute atomic E-state index is 12.2. The number of thioether (sulfide) groups is 1. The average molecular weight is 472 g/mol. The lowest BCUT2D eigenvalue weighted by atomic mass is 9.99. The van der Waals surface area contributed by atoms with Gasteiger partial charge in [-0.2, -0.15) is 0 Å². The molecule has 0 aromatic heterocycles. The number of likely N-dealkylation sites (N-methyl/N-ethyl adjacent to an activating group) is 1. The molecule has 5 nitrogen and oxygen atoms in total. The summed E-state index contributed by atoms with van der Waals surface area (Å²) in [7, 11) is 3.28. The Morgan fingerprint density at radius 3 is 2.44 bits per heavy atom. The molecule has 1 heterocycles. The summed E-state index contributed by atoms with van der Waals surface area (Å²) in [5, 5.41) is 0. The van der Waals surface area contributed by atoms with Crippen LogP contribution in [-0.2, 0) is 4.79 Å². The quantitative estimate of drug-likeness (QED) is 0.245. The molecule has 2 aromatic carbocycles. The van der Waals surface area contributed by atoms with Crippen LogP contribution in [0.4, 0.5) is 0 Å². The molecule has 32 heavy (non-hydrogen) atoms. The van der Waals surface area contributed by atoms with E-state index in [1.165, 1.54) is 22.2 Å². The third-order valence-corrected chi connectivity index (χ3v) is 6.83. The SMILES string of the molecule is CCC(C)c1ccc(OCCCOc2ccc(C=C3SC(=S)N(C)C3=O)cc2OC)cc1. The van der Waals surface area contributed by atoms with Crippen molar-refractivity contribution in [3.63, 3.8) is 0 Å². The molecule has 0 N–H and O–H groups in total. The van der Waals surface area contributed by atoms with Gasteiger partial charge < -0.3 is 14.2 Å². The predicted molar refractivity (Wildman–Crippen MR) is 135 cm³/mol. The topological polar surface area (TPSA) is 48.0 Å². The largest absolute Gasteiger partial charge is 0.493 e. The second-order valence-corrected chi connectivity index (χ2v) is 9.26. The van der Waals surface area contributed by atoms with Crippen LogP contribution < -0.4 is 14.2 Å². The molecule has 0 spiro atoms. The number of benzene rings is 2. The van der Waals surface area contributed by atoms with E-state index in [1.807, 2.05) is 36.4 Å². The molecule has 1 saturated heterocycles. The van der Waals surface area contributed by atoms with E-state index in [-0.39, 0.29) is 5.91 Å². The minimum atomic E-state index is -0.0891. The van der Waals surface area contributed by atoms with Gasteiger partial charge in [0.25, 0.3) is 5.91 Å². The number of thiocarbonyl (C=S) groups is 1. The third kappa shape index (κ3) is 6.04. The van der Waals surface area contributed by atoms with E-state index in [9.17, 15) is 4.79 Å². The van der Waals surface area contributed by atoms with Gasteiger partial charge in [-0.1, -0.05) is 56.0 Å². The normalized spacial score (nSPS) is 15.9. The molecular weight excluding hydrogens is 442 g/mol. The zero-order valence-corrected chi connectivity index (χ0v) is 20.6. The molecule has 0 radical (unpaired) electrons. The number of ether oxygens (including phenoxy) is 3. The lowest BCUT2D eigenvalue weighted by molar-refractivity contribution is -0.121. The first-order valence-corrected chi connectivity index (χ1v) is 11.9. The van der Waals surface area contributed by atoms with Crippen LogP contribution in [0.1, 0.15) is 43.7 Å². The molecule has 3 rings (SSSR count). The zero-order valence-electron chi connectivity index (χ0n) is 18.9. The van der Waals surface area contributed by atoms with Crippen LogP contribution in [0, 0.1) is 0 Å². The molecule has 170 valence electrons. The predicted octanol–water partition coefficient (Wildman–Crippen LogP) is 5.89. The molecule has 7 heteroatoms. The number of carbonyl (C=O) groups is 1. The van der Waals surface area contributed by atoms with Crippen LogP contribution in [-0.4, -0.2) is 42.5 Å². The van der Waals surface area contributed by atoms with Crippen molar-refractivity contribution in [1.82, 2.24) is 4.90 Å². The van der Waals surface area contributed by atoms with Crippen molar-refractivity contribution < 1.29 is 19.0 Å². The average Bonchev–Trinajstić information content (AvgIpc) is 3.05. The van der Waals surface area contributed by atoms with Crippen molar-refractivity contribution in [2.75, 3.05) is 27.4 Å². The van der Waals surface area contributed by atoms with Gasteiger partial charge in [-0.05, 0) is 53.8 Å². The van der Waals surface area contributed by atoms with Gasteiger partial charge in [0.1, 0.15) is 10.1 Å². The maximum atomic E-state index is 12.2. The third-order valence-electron chi connectivity index (χ3n) is 5.35. The van der Waals surface area contributed by atoms with Gasteiger partial charge in [-0.3, -0.25) is 9.69 Å². The van der Waals surface area contributed by atoms with E-state index in [2.05, 4.69) is 26.0 Å². The number of hydrogen-bond acceptors (Lipinski definition) is 6. The van der Waals surface area contributed by atoms with Crippen molar-refractivity contribution in [3.05, 3.63) is 58.5 Å². The van der Waals surface area contributed by atoms with Crippen molar-refractivity contribution in [2.45, 2.75) is 32.6 Å². The van der Waals surface area contributed by atoms with Gasteiger partial charge in [0, 0.05) is 13.5 Å². The van der Waals surface area contributed by atoms with Crippen molar-refractivity contribution in [2.24, 2.45) is 0 Å². The maximum Gasteiger partial charge on any atom is 0.265 e. The van der Waals surface area contributed by atoms with Gasteiger partial charge in [0.05, 0.1) is 25.2 Å². The van der Waals surface area contributed by atoms with E-state index >= 15 is 0 Å². The Kier molecular flexibility index (Phi) is 8.59. The van der Waals surface area contributed by atoms with Crippen molar-refractivity contribution in [3.8, 4) is 17.2 Å². The first kappa shape index (κ1) is 24.1. The highest BCUT2D eigenvalue weighted by atomic mass is 32.2. The summed E-state index contributed by atoms with van der Waals surface area (Å²) in [6.07, 6.45) is 3.69. The Bertz CT molecular complexity index is 988. The number of rotatable bonds is 10. The summed E-state index contributed by atoms with van der Waals surface area (Å²) in [4.78, 5) is 14.3. The molecule has 1 atom stereocenters. The fourth-order valence-corrected chi connectivity index (χ4v) is 4.33. The summed E-state index contributed by atoms with van der Waals surface area (Å²) >= 11 is 6.47. The highest BCUT2D eigenvalue weighted by Crippen LogP contribution is 2.34. The lowest BCUT2D eigenvalue weighted by Crippen LogP contribution is -2.22. The highest BCUT2D eigenvalue weighted by Gasteiger charge is 2.28. The first-order valence-electron chi connectivity index (χ1n) is 10.7. The second-order valence-electron chi connectivity index (χ2n) is 7.58. The number of nitrogens with zero attached hydrogens (tertiary/aromatic N) is 1. The summed E-state index contributed by atoms with van der Waals surface area (Å²) in [6.45, 7) is 5.50. The Morgan fingerprint density at radius 2 is 1.81 bits per heavy atom. The fourth-order valence-electron chi connectivity index (χ4n) is 3.15. The zero-order chi connectivity index (χ0) is 23.1. The summed E-state index contributed by atoms with van der Waals surface area (Å²) in [5.74, 6) is 2.62. The molecule has 1 amide bonds. The Hall–Kier alpha value is -2.51. The lowest BCUT2D eigenvalue weighted by Gasteiger charge is -2.13. The molecule has 1 fully saturated rings. The molecule has 0 aliphatic carbocycles. The molecule has 1 aliphatic rings. The van der Waals surface area contributed by atoms with E-state index in [0.29, 0.717) is 39.9 Å². The summed E-state index contributed by atoms with van der Waals surface area (Å²) < 4.78 is 17.7. The molecular formula is C25H29NO4S2. The minimum Gasteiger partial charge on any atom is -0.493 e. The number of carbonyl (C=O) groups excluding carboxylic acids is 1. The number of methoxy groups -OCH3 is 1. The van der Waals surface area contributed by atoms with Gasteiger partial charge >= 0.3 is 0 Å². The Labute approximate surface area is 199 Å². The van der Waals surface area contributed by atoms with Crippen LogP contribution in [0.5, 0.6) is 17.2 Å². The van der Waals surface area contributed by atoms with Crippen LogP contribution in [0.2, 0.25) is 0 Å². The van der Waals surface area contributed by atoms with Crippen LogP contribution in [0.15, 0.2) is 47.4 Å². The van der Waals surface area contributed by atoms with E-state index in [0.717, 1.165) is 24.2 Å². The summed E-state index contributed by atoms with van der Waals surface area (Å²) in [5.41, 5.74) is 2.19. The second kappa shape index (κ2) is 11.4. The van der Waals surface area contributed by atoms with Gasteiger partial charge in [0.15, 0.2) is 11.5 Å². The fraction of sp³-hybridized carbons (Fsp3) is 0.360. The molecule has 1 unspecified atom stereocenters.